The van der Waals surface area contributed by atoms with Crippen LogP contribution in [0.1, 0.15) is 13.8 Å². The molecule has 14 heavy (non-hydrogen) atoms. The van der Waals surface area contributed by atoms with E-state index in [4.69, 9.17) is 9.47 Å². The summed E-state index contributed by atoms with van der Waals surface area (Å²) in [5.74, 6) is 1.49. The minimum Gasteiger partial charge on any atom is -0.493 e. The van der Waals surface area contributed by atoms with E-state index in [9.17, 15) is 0 Å². The summed E-state index contributed by atoms with van der Waals surface area (Å²) < 4.78 is 10.2. The molecule has 0 aliphatic carbocycles. The smallest absolute Gasteiger partial charge is 0.162 e. The van der Waals surface area contributed by atoms with Crippen molar-refractivity contribution in [2.45, 2.75) is 13.8 Å². The molecule has 0 amide bonds. The molecule has 3 nitrogen and oxygen atoms in total. The molecule has 0 fully saturated rings. The molecule has 0 saturated heterocycles. The molecule has 0 aliphatic rings. The van der Waals surface area contributed by atoms with Crippen molar-refractivity contribution in [3.05, 3.63) is 18.2 Å². The Kier molecular flexibility index (Phi) is 6.37. The molecule has 0 aliphatic heterocycles. The Morgan fingerprint density at radius 1 is 1.00 bits per heavy atom. The molecule has 0 saturated carbocycles. The van der Waals surface area contributed by atoms with Gasteiger partial charge in [0.05, 0.1) is 14.2 Å². The number of methoxy groups -OCH3 is 2. The van der Waals surface area contributed by atoms with Crippen LogP contribution in [0.15, 0.2) is 18.2 Å². The van der Waals surface area contributed by atoms with Crippen molar-refractivity contribution >= 4 is 5.69 Å². The topological polar surface area (TPSA) is 30.5 Å². The van der Waals surface area contributed by atoms with Crippen molar-refractivity contribution in [3.63, 3.8) is 0 Å². The van der Waals surface area contributed by atoms with Crippen molar-refractivity contribution in [2.75, 3.05) is 26.6 Å². The van der Waals surface area contributed by atoms with E-state index < -0.39 is 0 Å². The first-order valence-corrected chi connectivity index (χ1v) is 4.71. The van der Waals surface area contributed by atoms with Gasteiger partial charge in [0.15, 0.2) is 11.5 Å². The monoisotopic (exact) mass is 197 g/mol. The lowest BCUT2D eigenvalue weighted by atomic mass is 10.3. The lowest BCUT2D eigenvalue weighted by Gasteiger charge is -2.08. The fourth-order valence-electron chi connectivity index (χ4n) is 0.992. The zero-order valence-corrected chi connectivity index (χ0v) is 9.55. The molecule has 3 heteroatoms. The van der Waals surface area contributed by atoms with Crippen LogP contribution in [0.4, 0.5) is 5.69 Å². The van der Waals surface area contributed by atoms with Crippen LogP contribution in [-0.2, 0) is 0 Å². The molecule has 0 atom stereocenters. The third kappa shape index (κ3) is 3.17. The van der Waals surface area contributed by atoms with Crippen LogP contribution in [-0.4, -0.2) is 21.3 Å². The van der Waals surface area contributed by atoms with Gasteiger partial charge in [0.1, 0.15) is 0 Å². The number of ether oxygens (including phenoxy) is 2. The fourth-order valence-corrected chi connectivity index (χ4v) is 0.992. The molecule has 0 heterocycles. The minimum absolute atomic E-state index is 0.740. The van der Waals surface area contributed by atoms with Gasteiger partial charge in [0.2, 0.25) is 0 Å². The molecule has 1 rings (SSSR count). The van der Waals surface area contributed by atoms with Gasteiger partial charge in [0.25, 0.3) is 0 Å². The van der Waals surface area contributed by atoms with Gasteiger partial charge >= 0.3 is 0 Å². The summed E-state index contributed by atoms with van der Waals surface area (Å²) in [6.07, 6.45) is 0. The maximum absolute atomic E-state index is 5.11. The van der Waals surface area contributed by atoms with Crippen LogP contribution in [0.3, 0.4) is 0 Å². The lowest BCUT2D eigenvalue weighted by Crippen LogP contribution is -1.93. The number of hydrogen-bond acceptors (Lipinski definition) is 3. The first kappa shape index (κ1) is 12.6. The summed E-state index contributed by atoms with van der Waals surface area (Å²) in [5, 5.41) is 3.02. The number of benzene rings is 1. The molecular weight excluding hydrogens is 178 g/mol. The summed E-state index contributed by atoms with van der Waals surface area (Å²) in [6, 6.07) is 5.69. The quantitative estimate of drug-likeness (QED) is 0.808. The first-order chi connectivity index (χ1) is 6.81. The Hall–Kier alpha value is -1.38. The zero-order chi connectivity index (χ0) is 11.0. The van der Waals surface area contributed by atoms with Gasteiger partial charge in [-0.05, 0) is 12.1 Å². The van der Waals surface area contributed by atoms with Crippen LogP contribution in [0.25, 0.3) is 0 Å². The average Bonchev–Trinajstić information content (AvgIpc) is 2.30. The Morgan fingerprint density at radius 3 is 2.00 bits per heavy atom. The largest absolute Gasteiger partial charge is 0.493 e. The SMILES string of the molecule is CC.CNc1ccc(OC)c(OC)c1. The van der Waals surface area contributed by atoms with Gasteiger partial charge in [0, 0.05) is 18.8 Å². The second-order valence-corrected chi connectivity index (χ2v) is 2.32. The van der Waals surface area contributed by atoms with E-state index >= 15 is 0 Å². The minimum atomic E-state index is 0.740. The maximum atomic E-state index is 5.11. The summed E-state index contributed by atoms with van der Waals surface area (Å²) in [5.41, 5.74) is 1.01. The highest BCUT2D eigenvalue weighted by atomic mass is 16.5. The molecule has 1 N–H and O–H groups in total. The molecule has 1 aromatic rings. The van der Waals surface area contributed by atoms with E-state index in [2.05, 4.69) is 5.32 Å². The normalized spacial score (nSPS) is 8.36. The van der Waals surface area contributed by atoms with Crippen LogP contribution in [0, 0.1) is 0 Å². The Morgan fingerprint density at radius 2 is 1.57 bits per heavy atom. The highest BCUT2D eigenvalue weighted by Gasteiger charge is 2.02. The number of hydrogen-bond donors (Lipinski definition) is 1. The van der Waals surface area contributed by atoms with E-state index in [1.54, 1.807) is 14.2 Å². The summed E-state index contributed by atoms with van der Waals surface area (Å²) in [6.45, 7) is 4.00. The zero-order valence-electron chi connectivity index (χ0n) is 9.55. The van der Waals surface area contributed by atoms with Crippen molar-refractivity contribution < 1.29 is 9.47 Å². The van der Waals surface area contributed by atoms with Gasteiger partial charge in [-0.3, -0.25) is 0 Å². The number of rotatable bonds is 3. The summed E-state index contributed by atoms with van der Waals surface area (Å²) in [4.78, 5) is 0. The van der Waals surface area contributed by atoms with Crippen molar-refractivity contribution in [2.24, 2.45) is 0 Å². The van der Waals surface area contributed by atoms with Crippen LogP contribution < -0.4 is 14.8 Å². The van der Waals surface area contributed by atoms with Crippen LogP contribution in [0.2, 0.25) is 0 Å². The Bertz CT molecular complexity index is 261. The second kappa shape index (κ2) is 7.06. The van der Waals surface area contributed by atoms with E-state index in [-0.39, 0.29) is 0 Å². The third-order valence-corrected chi connectivity index (χ3v) is 1.67. The molecule has 1 aromatic carbocycles. The van der Waals surface area contributed by atoms with Gasteiger partial charge in [-0.15, -0.1) is 0 Å². The predicted molar refractivity (Wildman–Crippen MR) is 60.4 cm³/mol. The van der Waals surface area contributed by atoms with E-state index in [0.29, 0.717) is 0 Å². The van der Waals surface area contributed by atoms with Gasteiger partial charge in [-0.25, -0.2) is 0 Å². The van der Waals surface area contributed by atoms with Crippen molar-refractivity contribution in [3.8, 4) is 11.5 Å². The van der Waals surface area contributed by atoms with Gasteiger partial charge in [-0.1, -0.05) is 13.8 Å². The van der Waals surface area contributed by atoms with Crippen molar-refractivity contribution in [1.29, 1.82) is 0 Å². The number of nitrogens with one attached hydrogen (secondary N) is 1. The summed E-state index contributed by atoms with van der Waals surface area (Å²) >= 11 is 0. The predicted octanol–water partition coefficient (Wildman–Crippen LogP) is 2.77. The van der Waals surface area contributed by atoms with Crippen molar-refractivity contribution in [1.82, 2.24) is 0 Å². The van der Waals surface area contributed by atoms with Crippen LogP contribution >= 0.6 is 0 Å². The maximum Gasteiger partial charge on any atom is 0.162 e. The van der Waals surface area contributed by atoms with E-state index in [0.717, 1.165) is 17.2 Å². The van der Waals surface area contributed by atoms with Gasteiger partial charge < -0.3 is 14.8 Å². The lowest BCUT2D eigenvalue weighted by molar-refractivity contribution is 0.355. The first-order valence-electron chi connectivity index (χ1n) is 4.71. The molecular formula is C11H19NO2. The molecule has 0 bridgehead atoms. The molecule has 0 radical (unpaired) electrons. The molecule has 0 spiro atoms. The van der Waals surface area contributed by atoms with E-state index in [1.165, 1.54) is 0 Å². The fraction of sp³-hybridized carbons (Fsp3) is 0.455. The standard InChI is InChI=1S/C9H13NO2.C2H6/c1-10-7-4-5-8(11-2)9(6-7)12-3;1-2/h4-6,10H,1-3H3;1-2H3. The van der Waals surface area contributed by atoms with Crippen LogP contribution in [0.5, 0.6) is 11.5 Å². The third-order valence-electron chi connectivity index (χ3n) is 1.67. The molecule has 80 valence electrons. The van der Waals surface area contributed by atoms with Gasteiger partial charge in [-0.2, -0.15) is 0 Å². The average molecular weight is 197 g/mol. The summed E-state index contributed by atoms with van der Waals surface area (Å²) in [7, 11) is 5.11. The Balaban J connectivity index is 0.000000791. The Labute approximate surface area is 86.0 Å². The molecule has 0 aromatic heterocycles. The molecule has 0 unspecified atom stereocenters. The van der Waals surface area contributed by atoms with E-state index in [1.807, 2.05) is 39.1 Å². The number of anilines is 1. The second-order valence-electron chi connectivity index (χ2n) is 2.32. The highest BCUT2D eigenvalue weighted by Crippen LogP contribution is 2.29. The highest BCUT2D eigenvalue weighted by molar-refractivity contribution is 5.54.